The molecule has 0 aromatic heterocycles. The molecule has 3 aliphatic rings. The van der Waals surface area contributed by atoms with Crippen molar-refractivity contribution in [3.63, 3.8) is 0 Å². The highest BCUT2D eigenvalue weighted by molar-refractivity contribution is 5.79. The molecule has 2 heterocycles. The van der Waals surface area contributed by atoms with E-state index in [9.17, 15) is 9.90 Å². The summed E-state index contributed by atoms with van der Waals surface area (Å²) in [6.07, 6.45) is 0.392. The van der Waals surface area contributed by atoms with Gasteiger partial charge in [0.05, 0.1) is 6.10 Å². The van der Waals surface area contributed by atoms with Gasteiger partial charge < -0.3 is 14.7 Å². The second-order valence-corrected chi connectivity index (χ2v) is 7.80. The fourth-order valence-corrected chi connectivity index (χ4v) is 4.62. The Hall–Kier alpha value is -2.37. The summed E-state index contributed by atoms with van der Waals surface area (Å²) in [5, 5.41) is 9.66. The van der Waals surface area contributed by atoms with Crippen LogP contribution >= 0.6 is 0 Å². The molecular weight excluding hydrogens is 340 g/mol. The highest BCUT2D eigenvalue weighted by Crippen LogP contribution is 2.44. The van der Waals surface area contributed by atoms with Crippen molar-refractivity contribution in [3.05, 3.63) is 59.7 Å². The second-order valence-electron chi connectivity index (χ2n) is 7.80. The Labute approximate surface area is 159 Å². The van der Waals surface area contributed by atoms with E-state index in [1.54, 1.807) is 4.90 Å². The minimum absolute atomic E-state index is 0.104. The van der Waals surface area contributed by atoms with Crippen LogP contribution in [-0.2, 0) is 4.74 Å². The number of carbonyl (C=O) groups is 1. The van der Waals surface area contributed by atoms with Gasteiger partial charge in [-0.05, 0) is 28.7 Å². The molecule has 0 spiro atoms. The van der Waals surface area contributed by atoms with E-state index in [-0.39, 0.29) is 18.1 Å². The molecule has 140 valence electrons. The van der Waals surface area contributed by atoms with Gasteiger partial charge in [-0.2, -0.15) is 0 Å². The van der Waals surface area contributed by atoms with Crippen molar-refractivity contribution < 1.29 is 14.6 Å². The fraction of sp³-hybridized carbons (Fsp3) is 0.409. The van der Waals surface area contributed by atoms with Crippen molar-refractivity contribution in [2.75, 3.05) is 32.8 Å². The van der Waals surface area contributed by atoms with Crippen LogP contribution in [0.1, 0.15) is 23.5 Å². The zero-order valence-electron chi connectivity index (χ0n) is 15.3. The van der Waals surface area contributed by atoms with E-state index < -0.39 is 0 Å². The van der Waals surface area contributed by atoms with Crippen LogP contribution in [0, 0.1) is 0 Å². The van der Waals surface area contributed by atoms with Crippen LogP contribution in [0.2, 0.25) is 0 Å². The maximum atomic E-state index is 12.5. The minimum atomic E-state index is -0.229. The predicted octanol–water partition coefficient (Wildman–Crippen LogP) is 2.69. The average Bonchev–Trinajstić information content (AvgIpc) is 3.20. The predicted molar refractivity (Wildman–Crippen MR) is 103 cm³/mol. The Morgan fingerprint density at radius 1 is 1.00 bits per heavy atom. The number of hydrogen-bond donors (Lipinski definition) is 1. The molecule has 1 atom stereocenters. The molecule has 1 aliphatic carbocycles. The minimum Gasteiger partial charge on any atom is -0.448 e. The lowest BCUT2D eigenvalue weighted by atomic mass is 9.98. The molecule has 2 saturated heterocycles. The Bertz CT molecular complexity index is 817. The van der Waals surface area contributed by atoms with Crippen LogP contribution < -0.4 is 0 Å². The van der Waals surface area contributed by atoms with Gasteiger partial charge in [0.2, 0.25) is 0 Å². The molecule has 2 fully saturated rings. The van der Waals surface area contributed by atoms with Gasteiger partial charge in [0, 0.05) is 38.1 Å². The van der Waals surface area contributed by atoms with E-state index in [0.29, 0.717) is 25.7 Å². The molecule has 0 bridgehead atoms. The number of aliphatic hydroxyl groups is 1. The number of rotatable bonds is 3. The first-order valence-corrected chi connectivity index (χ1v) is 9.73. The van der Waals surface area contributed by atoms with E-state index in [1.165, 1.54) is 22.3 Å². The van der Waals surface area contributed by atoms with Crippen LogP contribution in [0.15, 0.2) is 48.5 Å². The first-order valence-electron chi connectivity index (χ1n) is 9.73. The topological polar surface area (TPSA) is 53.0 Å². The van der Waals surface area contributed by atoms with Crippen molar-refractivity contribution in [3.8, 4) is 11.1 Å². The van der Waals surface area contributed by atoms with E-state index in [0.717, 1.165) is 19.5 Å². The lowest BCUT2D eigenvalue weighted by Crippen LogP contribution is -2.60. The summed E-state index contributed by atoms with van der Waals surface area (Å²) in [6, 6.07) is 17.1. The summed E-state index contributed by atoms with van der Waals surface area (Å²) in [4.78, 5) is 16.5. The summed E-state index contributed by atoms with van der Waals surface area (Å²) in [5.41, 5.74) is 4.95. The normalized spacial score (nSPS) is 22.4. The number of amides is 1. The molecule has 0 unspecified atom stereocenters. The number of ether oxygens (including phenoxy) is 1. The number of likely N-dealkylation sites (tertiary alicyclic amines) is 2. The van der Waals surface area contributed by atoms with Crippen molar-refractivity contribution in [2.45, 2.75) is 24.5 Å². The molecule has 0 radical (unpaired) electrons. The van der Waals surface area contributed by atoms with Crippen LogP contribution in [0.5, 0.6) is 0 Å². The van der Waals surface area contributed by atoms with Gasteiger partial charge in [0.1, 0.15) is 6.61 Å². The lowest BCUT2D eigenvalue weighted by Gasteiger charge is -2.43. The van der Waals surface area contributed by atoms with Crippen LogP contribution in [-0.4, -0.2) is 65.9 Å². The standard InChI is InChI=1S/C22H24N2O3/c25-16-9-10-23(13-16)15-11-24(12-15)22(26)27-14-21-19-7-3-1-5-17(19)18-6-2-4-8-20(18)21/h1-8,15-16,21,25H,9-14H2/t16-/m1/s1. The van der Waals surface area contributed by atoms with E-state index in [2.05, 4.69) is 41.3 Å². The summed E-state index contributed by atoms with van der Waals surface area (Å²) >= 11 is 0. The van der Waals surface area contributed by atoms with Gasteiger partial charge in [-0.1, -0.05) is 48.5 Å². The molecule has 0 saturated carbocycles. The average molecular weight is 364 g/mol. The molecule has 5 heteroatoms. The van der Waals surface area contributed by atoms with E-state index >= 15 is 0 Å². The number of aliphatic hydroxyl groups excluding tert-OH is 1. The highest BCUT2D eigenvalue weighted by Gasteiger charge is 2.39. The maximum Gasteiger partial charge on any atom is 0.409 e. The molecule has 1 amide bonds. The summed E-state index contributed by atoms with van der Waals surface area (Å²) < 4.78 is 5.69. The zero-order valence-corrected chi connectivity index (χ0v) is 15.3. The fourth-order valence-electron chi connectivity index (χ4n) is 4.62. The van der Waals surface area contributed by atoms with E-state index in [1.807, 2.05) is 12.1 Å². The number of fused-ring (bicyclic) bond motifs is 3. The molecule has 2 aromatic carbocycles. The number of nitrogens with zero attached hydrogens (tertiary/aromatic N) is 2. The van der Waals surface area contributed by atoms with Gasteiger partial charge in [0.15, 0.2) is 0 Å². The van der Waals surface area contributed by atoms with Crippen molar-refractivity contribution in [2.24, 2.45) is 0 Å². The van der Waals surface area contributed by atoms with Crippen molar-refractivity contribution in [1.29, 1.82) is 0 Å². The summed E-state index contributed by atoms with van der Waals surface area (Å²) in [7, 11) is 0. The van der Waals surface area contributed by atoms with Gasteiger partial charge in [0.25, 0.3) is 0 Å². The van der Waals surface area contributed by atoms with Gasteiger partial charge in [-0.3, -0.25) is 4.90 Å². The molecule has 27 heavy (non-hydrogen) atoms. The second kappa shape index (κ2) is 6.66. The number of hydrogen-bond acceptors (Lipinski definition) is 4. The van der Waals surface area contributed by atoms with Crippen LogP contribution in [0.4, 0.5) is 4.79 Å². The quantitative estimate of drug-likeness (QED) is 0.910. The summed E-state index contributed by atoms with van der Waals surface area (Å²) in [6.45, 7) is 3.41. The molecule has 1 N–H and O–H groups in total. The third-order valence-electron chi connectivity index (χ3n) is 6.17. The maximum absolute atomic E-state index is 12.5. The molecule has 5 rings (SSSR count). The van der Waals surface area contributed by atoms with Gasteiger partial charge in [-0.15, -0.1) is 0 Å². The van der Waals surface area contributed by atoms with Crippen LogP contribution in [0.3, 0.4) is 0 Å². The Morgan fingerprint density at radius 2 is 1.63 bits per heavy atom. The Kier molecular flexibility index (Phi) is 4.14. The third kappa shape index (κ3) is 2.91. The first kappa shape index (κ1) is 16.8. The van der Waals surface area contributed by atoms with Crippen LogP contribution in [0.25, 0.3) is 11.1 Å². The molecule has 2 aromatic rings. The molecular formula is C22H24N2O3. The Morgan fingerprint density at radius 3 is 2.22 bits per heavy atom. The number of benzene rings is 2. The largest absolute Gasteiger partial charge is 0.448 e. The molecule has 2 aliphatic heterocycles. The Balaban J connectivity index is 1.22. The SMILES string of the molecule is O=C(OCC1c2ccccc2-c2ccccc21)N1CC(N2CC[C@@H](O)C2)C1. The number of carbonyl (C=O) groups excluding carboxylic acids is 1. The third-order valence-corrected chi connectivity index (χ3v) is 6.17. The lowest BCUT2D eigenvalue weighted by molar-refractivity contribution is 0.0248. The summed E-state index contributed by atoms with van der Waals surface area (Å²) in [5.74, 6) is 0.104. The van der Waals surface area contributed by atoms with Crippen molar-refractivity contribution in [1.82, 2.24) is 9.80 Å². The van der Waals surface area contributed by atoms with Gasteiger partial charge in [-0.25, -0.2) is 4.79 Å². The van der Waals surface area contributed by atoms with Crippen molar-refractivity contribution >= 4 is 6.09 Å². The first-order chi connectivity index (χ1) is 13.2. The van der Waals surface area contributed by atoms with Gasteiger partial charge >= 0.3 is 6.09 Å². The van der Waals surface area contributed by atoms with E-state index in [4.69, 9.17) is 4.74 Å². The number of β-amino-alcohol motifs (C(OH)–C–C–N with tert-alkyl or cyclic N) is 1. The monoisotopic (exact) mass is 364 g/mol. The zero-order chi connectivity index (χ0) is 18.4. The smallest absolute Gasteiger partial charge is 0.409 e. The highest BCUT2D eigenvalue weighted by atomic mass is 16.6. The molecule has 5 nitrogen and oxygen atoms in total.